The molecule has 0 radical (unpaired) electrons. The molecule has 1 saturated heterocycles. The van der Waals surface area contributed by atoms with E-state index < -0.39 is 8.80 Å². The minimum atomic E-state index is -2.79. The van der Waals surface area contributed by atoms with Crippen LogP contribution >= 0.6 is 0 Å². The number of rotatable bonds is 9. The summed E-state index contributed by atoms with van der Waals surface area (Å²) in [7, 11) is 1.97. The molecule has 100 valence electrons. The van der Waals surface area contributed by atoms with E-state index in [-0.39, 0.29) is 11.8 Å². The maximum Gasteiger partial charge on any atom is 0.534 e. The Morgan fingerprint density at radius 3 is 2.29 bits per heavy atom. The summed E-state index contributed by atoms with van der Waals surface area (Å²) >= 11 is 0. The van der Waals surface area contributed by atoms with Crippen molar-refractivity contribution in [3.63, 3.8) is 0 Å². The van der Waals surface area contributed by atoms with Crippen molar-refractivity contribution in [2.24, 2.45) is 0 Å². The van der Waals surface area contributed by atoms with Crippen LogP contribution in [-0.2, 0) is 22.8 Å². The quantitative estimate of drug-likeness (QED) is 0.354. The predicted molar refractivity (Wildman–Crippen MR) is 65.7 cm³/mol. The van der Waals surface area contributed by atoms with E-state index in [4.69, 9.17) is 22.8 Å². The molecule has 2 unspecified atom stereocenters. The Hall–Kier alpha value is -0.243. The zero-order valence-corrected chi connectivity index (χ0v) is 12.0. The van der Waals surface area contributed by atoms with E-state index in [1.165, 1.54) is 0 Å². The maximum atomic E-state index is 5.78. The van der Waals surface area contributed by atoms with E-state index in [1.54, 1.807) is 21.3 Å². The number of hydrogen-bond donors (Lipinski definition) is 0. The van der Waals surface area contributed by atoms with Gasteiger partial charge in [0.1, 0.15) is 11.8 Å². The molecular weight excluding hydrogens is 240 g/mol. The molecule has 0 aromatic heterocycles. The molecule has 0 spiro atoms. The van der Waals surface area contributed by atoms with Crippen LogP contribution in [0.1, 0.15) is 13.3 Å². The van der Waals surface area contributed by atoms with Crippen molar-refractivity contribution >= 4 is 8.80 Å². The fraction of sp³-hybridized carbons (Fsp3) is 0.818. The van der Waals surface area contributed by atoms with E-state index in [0.717, 1.165) is 13.0 Å². The molecule has 1 aliphatic heterocycles. The van der Waals surface area contributed by atoms with Gasteiger partial charge in [-0.2, -0.15) is 0 Å². The van der Waals surface area contributed by atoms with E-state index >= 15 is 0 Å². The van der Waals surface area contributed by atoms with Crippen molar-refractivity contribution in [2.75, 3.05) is 34.5 Å². The molecule has 1 rings (SSSR count). The lowest BCUT2D eigenvalue weighted by molar-refractivity contribution is 0.0278. The van der Waals surface area contributed by atoms with Crippen molar-refractivity contribution in [2.45, 2.75) is 25.2 Å². The Morgan fingerprint density at radius 1 is 1.29 bits per heavy atom. The van der Waals surface area contributed by atoms with Crippen molar-refractivity contribution in [3.8, 4) is 0 Å². The number of ether oxygens (including phenoxy) is 2. The highest BCUT2D eigenvalue weighted by Crippen LogP contribution is 2.19. The van der Waals surface area contributed by atoms with Crippen LogP contribution in [0.4, 0.5) is 0 Å². The van der Waals surface area contributed by atoms with Crippen LogP contribution in [0, 0.1) is 0 Å². The second-order valence-corrected chi connectivity index (χ2v) is 6.76. The fourth-order valence-corrected chi connectivity index (χ4v) is 3.38. The molecule has 1 fully saturated rings. The summed E-state index contributed by atoms with van der Waals surface area (Å²) in [4.78, 5) is 0. The summed E-state index contributed by atoms with van der Waals surface area (Å²) < 4.78 is 27.2. The van der Waals surface area contributed by atoms with Gasteiger partial charge in [0.25, 0.3) is 0 Å². The van der Waals surface area contributed by atoms with Gasteiger partial charge in [0.05, 0.1) is 13.2 Å². The molecule has 1 heterocycles. The molecule has 0 aromatic carbocycles. The molecule has 0 aromatic rings. The molecule has 1 aliphatic rings. The summed E-state index contributed by atoms with van der Waals surface area (Å²) in [5, 5.41) is 0. The third-order valence-corrected chi connectivity index (χ3v) is 5.38. The molecular formula is C11H22O5Si. The van der Waals surface area contributed by atoms with Gasteiger partial charge in [0.15, 0.2) is 0 Å². The Labute approximate surface area is 104 Å². The molecule has 0 aliphatic carbocycles. The van der Waals surface area contributed by atoms with Crippen molar-refractivity contribution < 1.29 is 22.8 Å². The first-order valence-corrected chi connectivity index (χ1v) is 7.58. The zero-order valence-electron chi connectivity index (χ0n) is 11.0. The van der Waals surface area contributed by atoms with Crippen LogP contribution in [0.3, 0.4) is 0 Å². The average Bonchev–Trinajstić information content (AvgIpc) is 3.18. The Bertz CT molecular complexity index is 230. The monoisotopic (exact) mass is 262 g/mol. The summed E-state index contributed by atoms with van der Waals surface area (Å²) in [5.41, 5.74) is -0.286. The van der Waals surface area contributed by atoms with Gasteiger partial charge in [0.2, 0.25) is 0 Å². The van der Waals surface area contributed by atoms with Gasteiger partial charge in [-0.15, -0.1) is 0 Å². The molecule has 0 N–H and O–H groups in total. The third-order valence-electron chi connectivity index (χ3n) is 2.61. The van der Waals surface area contributed by atoms with Crippen molar-refractivity contribution in [1.82, 2.24) is 0 Å². The lowest BCUT2D eigenvalue weighted by Crippen LogP contribution is -2.55. The highest BCUT2D eigenvalue weighted by atomic mass is 28.4. The normalized spacial score (nSPS) is 22.0. The number of allylic oxidation sites excluding steroid dienone is 1. The van der Waals surface area contributed by atoms with Crippen molar-refractivity contribution in [3.05, 3.63) is 12.2 Å². The predicted octanol–water partition coefficient (Wildman–Crippen LogP) is 1.15. The largest absolute Gasteiger partial charge is 0.534 e. The van der Waals surface area contributed by atoms with Crippen LogP contribution < -0.4 is 0 Å². The average molecular weight is 262 g/mol. The summed E-state index contributed by atoms with van der Waals surface area (Å²) in [6, 6.07) is 0. The van der Waals surface area contributed by atoms with Gasteiger partial charge >= 0.3 is 8.80 Å². The minimum Gasteiger partial charge on any atom is -0.375 e. The molecule has 2 atom stereocenters. The fourth-order valence-electron chi connectivity index (χ4n) is 1.51. The first-order chi connectivity index (χ1) is 8.22. The lowest BCUT2D eigenvalue weighted by atomic mass is 10.4. The summed E-state index contributed by atoms with van der Waals surface area (Å²) in [5.74, 6) is 0. The Kier molecular flexibility index (Phi) is 6.32. The highest BCUT2D eigenvalue weighted by molar-refractivity contribution is 6.62. The molecule has 17 heavy (non-hydrogen) atoms. The van der Waals surface area contributed by atoms with E-state index in [2.05, 4.69) is 6.92 Å². The molecule has 0 bridgehead atoms. The standard InChI is InChI=1S/C11H22O5Si/c1-5-6-7-11(16-9-10-8-15-10)17(12-2,13-3)14-4/h6-7,10-11H,5,8-9H2,1-4H3/b7-6+. The van der Waals surface area contributed by atoms with Crippen LogP contribution in [-0.4, -0.2) is 55.2 Å². The topological polar surface area (TPSA) is 49.5 Å². The maximum absolute atomic E-state index is 5.78. The number of epoxide rings is 1. The van der Waals surface area contributed by atoms with Crippen LogP contribution in [0.25, 0.3) is 0 Å². The van der Waals surface area contributed by atoms with Gasteiger partial charge in [-0.1, -0.05) is 19.1 Å². The molecule has 6 heteroatoms. The lowest BCUT2D eigenvalue weighted by Gasteiger charge is -2.30. The van der Waals surface area contributed by atoms with Crippen LogP contribution in [0.15, 0.2) is 12.2 Å². The van der Waals surface area contributed by atoms with Gasteiger partial charge in [0, 0.05) is 21.3 Å². The molecule has 5 nitrogen and oxygen atoms in total. The summed E-state index contributed by atoms with van der Waals surface area (Å²) in [6.07, 6.45) is 5.12. The SMILES string of the molecule is CC/C=C/C(OCC1CO1)[Si](OC)(OC)OC. The van der Waals surface area contributed by atoms with Crippen LogP contribution in [0.5, 0.6) is 0 Å². The minimum absolute atomic E-state index is 0.213. The summed E-state index contributed by atoms with van der Waals surface area (Å²) in [6.45, 7) is 3.38. The molecule has 0 saturated carbocycles. The van der Waals surface area contributed by atoms with Gasteiger partial charge in [-0.05, 0) is 6.42 Å². The van der Waals surface area contributed by atoms with E-state index in [0.29, 0.717) is 6.61 Å². The Balaban J connectivity index is 2.65. The van der Waals surface area contributed by atoms with Gasteiger partial charge < -0.3 is 22.8 Å². The number of hydrogen-bond acceptors (Lipinski definition) is 5. The van der Waals surface area contributed by atoms with E-state index in [1.807, 2.05) is 12.2 Å². The highest BCUT2D eigenvalue weighted by Gasteiger charge is 2.48. The first-order valence-electron chi connectivity index (χ1n) is 5.77. The van der Waals surface area contributed by atoms with Gasteiger partial charge in [-0.3, -0.25) is 0 Å². The second kappa shape index (κ2) is 7.25. The zero-order chi connectivity index (χ0) is 12.7. The third kappa shape index (κ3) is 4.17. The van der Waals surface area contributed by atoms with Crippen LogP contribution in [0.2, 0.25) is 0 Å². The first kappa shape index (κ1) is 14.8. The second-order valence-electron chi connectivity index (χ2n) is 3.76. The van der Waals surface area contributed by atoms with Gasteiger partial charge in [-0.25, -0.2) is 0 Å². The van der Waals surface area contributed by atoms with E-state index in [9.17, 15) is 0 Å². The molecule has 0 amide bonds. The Morgan fingerprint density at radius 2 is 1.88 bits per heavy atom. The van der Waals surface area contributed by atoms with Crippen molar-refractivity contribution in [1.29, 1.82) is 0 Å². The smallest absolute Gasteiger partial charge is 0.375 e.